The van der Waals surface area contributed by atoms with E-state index < -0.39 is 26.4 Å². The van der Waals surface area contributed by atoms with Crippen LogP contribution in [0.15, 0.2) is 11.6 Å². The van der Waals surface area contributed by atoms with Gasteiger partial charge in [-0.1, -0.05) is 32.4 Å². The molecule has 7 nitrogen and oxygen atoms in total. The number of hydrogen-bond acceptors (Lipinski definition) is 6. The molecule has 29 heavy (non-hydrogen) atoms. The normalized spacial score (nSPS) is 30.0. The Morgan fingerprint density at radius 2 is 1.93 bits per heavy atom. The van der Waals surface area contributed by atoms with Crippen LogP contribution < -0.4 is 5.32 Å². The van der Waals surface area contributed by atoms with Crippen molar-refractivity contribution in [2.45, 2.75) is 77.1 Å². The molecule has 1 heterocycles. The Morgan fingerprint density at radius 1 is 1.31 bits per heavy atom. The summed E-state index contributed by atoms with van der Waals surface area (Å²) in [5, 5.41) is 13.3. The molecular weight excluding hydrogens is 390 g/mol. The Bertz CT molecular complexity index is 656. The molecule has 6 unspecified atom stereocenters. The van der Waals surface area contributed by atoms with Crippen LogP contribution in [0.25, 0.3) is 0 Å². The number of nitrogens with one attached hydrogen (secondary N) is 1. The number of aliphatic hydroxyl groups excluding tert-OH is 1. The molecule has 1 saturated heterocycles. The van der Waals surface area contributed by atoms with E-state index >= 15 is 0 Å². The van der Waals surface area contributed by atoms with Crippen molar-refractivity contribution < 1.29 is 28.6 Å². The molecule has 2 aliphatic rings. The maximum Gasteiger partial charge on any atom is 0.309 e. The Balaban J connectivity index is 2.18. The van der Waals surface area contributed by atoms with Crippen molar-refractivity contribution in [3.63, 3.8) is 0 Å². The molecule has 2 N–H and O–H groups in total. The van der Waals surface area contributed by atoms with Crippen molar-refractivity contribution in [3.05, 3.63) is 11.6 Å². The van der Waals surface area contributed by atoms with E-state index in [1.54, 1.807) is 0 Å². The highest BCUT2D eigenvalue weighted by Gasteiger charge is 2.50. The van der Waals surface area contributed by atoms with Gasteiger partial charge < -0.3 is 24.3 Å². The number of carbonyl (C=O) groups is 2. The van der Waals surface area contributed by atoms with Gasteiger partial charge >= 0.3 is 5.97 Å². The lowest BCUT2D eigenvalue weighted by Crippen LogP contribution is -2.64. The molecule has 166 valence electrons. The van der Waals surface area contributed by atoms with E-state index in [1.807, 2.05) is 13.0 Å². The zero-order valence-corrected chi connectivity index (χ0v) is 19.9. The fraction of sp³-hybridized carbons (Fsp3) is 0.810. The number of esters is 1. The van der Waals surface area contributed by atoms with Crippen LogP contribution in [0.2, 0.25) is 18.1 Å². The Hall–Kier alpha value is -1.22. The van der Waals surface area contributed by atoms with Crippen LogP contribution in [0.4, 0.5) is 0 Å². The van der Waals surface area contributed by atoms with Crippen molar-refractivity contribution in [2.24, 2.45) is 17.8 Å². The van der Waals surface area contributed by atoms with Crippen LogP contribution in [0, 0.1) is 17.8 Å². The Morgan fingerprint density at radius 3 is 2.41 bits per heavy atom. The van der Waals surface area contributed by atoms with E-state index in [9.17, 15) is 14.7 Å². The first-order valence-corrected chi connectivity index (χ1v) is 13.2. The zero-order chi connectivity index (χ0) is 22.1. The monoisotopic (exact) mass is 427 g/mol. The molecule has 1 fully saturated rings. The summed E-state index contributed by atoms with van der Waals surface area (Å²) < 4.78 is 16.5. The summed E-state index contributed by atoms with van der Waals surface area (Å²) in [5.74, 6) is -1.52. The highest BCUT2D eigenvalue weighted by atomic mass is 28.4. The first kappa shape index (κ1) is 24.1. The van der Waals surface area contributed by atoms with Crippen molar-refractivity contribution in [2.75, 3.05) is 14.2 Å². The summed E-state index contributed by atoms with van der Waals surface area (Å²) in [6.45, 7) is 12.9. The van der Waals surface area contributed by atoms with E-state index in [0.29, 0.717) is 12.8 Å². The highest BCUT2D eigenvalue weighted by molar-refractivity contribution is 6.74. The second kappa shape index (κ2) is 8.87. The number of aliphatic hydroxyl groups is 1. The number of allylic oxidation sites excluding steroid dienone is 1. The lowest BCUT2D eigenvalue weighted by Gasteiger charge is -2.47. The summed E-state index contributed by atoms with van der Waals surface area (Å²) in [7, 11) is 0.753. The van der Waals surface area contributed by atoms with Crippen molar-refractivity contribution >= 4 is 20.2 Å². The average molecular weight is 428 g/mol. The first-order chi connectivity index (χ1) is 13.3. The van der Waals surface area contributed by atoms with E-state index in [1.165, 1.54) is 14.2 Å². The molecule has 0 aromatic heterocycles. The smallest absolute Gasteiger partial charge is 0.309 e. The largest absolute Gasteiger partial charge is 0.469 e. The minimum atomic E-state index is -2.01. The summed E-state index contributed by atoms with van der Waals surface area (Å²) in [6.07, 6.45) is 1.63. The number of carbonyl (C=O) groups excluding carboxylic acids is 2. The van der Waals surface area contributed by atoms with Gasteiger partial charge in [-0.05, 0) is 37.9 Å². The molecule has 2 rings (SSSR count). The maximum atomic E-state index is 12.4. The number of hydrogen-bond donors (Lipinski definition) is 2. The van der Waals surface area contributed by atoms with E-state index in [-0.39, 0.29) is 35.0 Å². The zero-order valence-electron chi connectivity index (χ0n) is 18.9. The van der Waals surface area contributed by atoms with Crippen molar-refractivity contribution in [3.8, 4) is 0 Å². The van der Waals surface area contributed by atoms with Gasteiger partial charge in [0.05, 0.1) is 31.1 Å². The highest BCUT2D eigenvalue weighted by Crippen LogP contribution is 2.42. The molecule has 0 aromatic carbocycles. The topological polar surface area (TPSA) is 94.1 Å². The Labute approximate surface area is 175 Å². The molecular formula is C21H37NO6Si. The van der Waals surface area contributed by atoms with Gasteiger partial charge in [0.1, 0.15) is 0 Å². The molecule has 1 aliphatic carbocycles. The third-order valence-electron chi connectivity index (χ3n) is 6.89. The fourth-order valence-electron chi connectivity index (χ4n) is 4.02. The van der Waals surface area contributed by atoms with Gasteiger partial charge in [0.15, 0.2) is 14.6 Å². The van der Waals surface area contributed by atoms with Gasteiger partial charge in [-0.15, -0.1) is 0 Å². The van der Waals surface area contributed by atoms with E-state index in [0.717, 1.165) is 5.57 Å². The molecule has 0 bridgehead atoms. The van der Waals surface area contributed by atoms with Crippen molar-refractivity contribution in [1.82, 2.24) is 5.32 Å². The molecule has 0 radical (unpaired) electrons. The van der Waals surface area contributed by atoms with Crippen LogP contribution in [0.3, 0.4) is 0 Å². The molecule has 6 atom stereocenters. The van der Waals surface area contributed by atoms with Crippen LogP contribution in [0.5, 0.6) is 0 Å². The molecule has 8 heteroatoms. The van der Waals surface area contributed by atoms with Crippen LogP contribution in [-0.4, -0.2) is 58.0 Å². The minimum Gasteiger partial charge on any atom is -0.469 e. The predicted octanol–water partition coefficient (Wildman–Crippen LogP) is 2.60. The van der Waals surface area contributed by atoms with E-state index in [2.05, 4.69) is 39.2 Å². The van der Waals surface area contributed by atoms with Gasteiger partial charge in [0.2, 0.25) is 5.91 Å². The molecule has 0 aromatic rings. The summed E-state index contributed by atoms with van der Waals surface area (Å²) in [4.78, 5) is 24.5. The SMILES string of the molecule is COC(=O)C1CC=C(C2NC(=O)C2C(C)O[Si](C)(C)C(C)(C)C)CC1C(O)OC. The third-order valence-corrected chi connectivity index (χ3v) is 11.5. The van der Waals surface area contributed by atoms with Crippen molar-refractivity contribution in [1.29, 1.82) is 0 Å². The van der Waals surface area contributed by atoms with Crippen LogP contribution >= 0.6 is 0 Å². The molecule has 1 aliphatic heterocycles. The summed E-state index contributed by atoms with van der Waals surface area (Å²) in [6, 6.07) is -0.146. The number of methoxy groups -OCH3 is 2. The van der Waals surface area contributed by atoms with E-state index in [4.69, 9.17) is 13.9 Å². The maximum absolute atomic E-state index is 12.4. The Kier molecular flexibility index (Phi) is 7.36. The van der Waals surface area contributed by atoms with Crippen LogP contribution in [-0.2, 0) is 23.5 Å². The number of rotatable bonds is 7. The predicted molar refractivity (Wildman–Crippen MR) is 112 cm³/mol. The molecule has 0 saturated carbocycles. The van der Waals surface area contributed by atoms with Gasteiger partial charge in [-0.3, -0.25) is 9.59 Å². The number of ether oxygens (including phenoxy) is 2. The summed E-state index contributed by atoms with van der Waals surface area (Å²) in [5.41, 5.74) is 1.02. The lowest BCUT2D eigenvalue weighted by atomic mass is 9.72. The summed E-state index contributed by atoms with van der Waals surface area (Å²) >= 11 is 0. The molecule has 1 amide bonds. The quantitative estimate of drug-likeness (QED) is 0.213. The average Bonchev–Trinajstić information content (AvgIpc) is 2.62. The lowest BCUT2D eigenvalue weighted by molar-refractivity contribution is -0.163. The van der Waals surface area contributed by atoms with Gasteiger partial charge in [-0.2, -0.15) is 0 Å². The first-order valence-electron chi connectivity index (χ1n) is 10.3. The van der Waals surface area contributed by atoms with Gasteiger partial charge in [-0.25, -0.2) is 0 Å². The van der Waals surface area contributed by atoms with Gasteiger partial charge in [0.25, 0.3) is 0 Å². The second-order valence-electron chi connectivity index (χ2n) is 9.73. The number of amides is 1. The standard InChI is InChI=1S/C21H37NO6Si/c1-12(28-29(7,8)21(2,3)4)16-17(22-18(16)23)13-9-10-14(19(24)26-5)15(11-13)20(25)27-6/h9,12,14-17,20,25H,10-11H2,1-8H3,(H,22,23). The fourth-order valence-corrected chi connectivity index (χ4v) is 5.45. The molecule has 0 spiro atoms. The minimum absolute atomic E-state index is 0.0129. The number of β-lactam (4-membered cyclic amide) rings is 1. The second-order valence-corrected chi connectivity index (χ2v) is 14.5. The van der Waals surface area contributed by atoms with Crippen LogP contribution in [0.1, 0.15) is 40.5 Å². The third kappa shape index (κ3) is 4.92. The van der Waals surface area contributed by atoms with Gasteiger partial charge in [0, 0.05) is 13.0 Å².